The van der Waals surface area contributed by atoms with Crippen LogP contribution in [0.15, 0.2) is 36.8 Å². The fourth-order valence-corrected chi connectivity index (χ4v) is 2.49. The van der Waals surface area contributed by atoms with Crippen LogP contribution in [0.2, 0.25) is 18.1 Å². The van der Waals surface area contributed by atoms with Gasteiger partial charge in [-0.25, -0.2) is 15.0 Å². The third-order valence-electron chi connectivity index (χ3n) is 4.02. The zero-order chi connectivity index (χ0) is 16.2. The number of pyridine rings is 1. The Hall–Kier alpha value is -1.79. The van der Waals surface area contributed by atoms with Crippen LogP contribution >= 0.6 is 0 Å². The van der Waals surface area contributed by atoms with Gasteiger partial charge < -0.3 is 9.74 Å². The summed E-state index contributed by atoms with van der Waals surface area (Å²) in [6.45, 7) is 11.7. The normalized spacial score (nSPS) is 12.2. The summed E-state index contributed by atoms with van der Waals surface area (Å²) >= 11 is 0. The number of hydrogen-bond donors (Lipinski definition) is 1. The maximum Gasteiger partial charge on any atom is 0.228 e. The van der Waals surface area contributed by atoms with E-state index in [1.165, 1.54) is 0 Å². The minimum absolute atomic E-state index is 0.203. The lowest BCUT2D eigenvalue weighted by Crippen LogP contribution is -2.40. The van der Waals surface area contributed by atoms with Crippen molar-refractivity contribution in [3.63, 3.8) is 0 Å². The van der Waals surface area contributed by atoms with Gasteiger partial charge in [0.15, 0.2) is 8.32 Å². The quantitative estimate of drug-likeness (QED) is 0.840. The van der Waals surface area contributed by atoms with Crippen molar-refractivity contribution >= 4 is 20.1 Å². The van der Waals surface area contributed by atoms with Gasteiger partial charge >= 0.3 is 0 Å². The van der Waals surface area contributed by atoms with Gasteiger partial charge in [0.05, 0.1) is 6.61 Å². The van der Waals surface area contributed by atoms with Gasteiger partial charge in [-0.1, -0.05) is 26.8 Å². The number of anilines is 2. The van der Waals surface area contributed by atoms with Crippen LogP contribution < -0.4 is 5.32 Å². The molecule has 0 radical (unpaired) electrons. The fourth-order valence-electron chi connectivity index (χ4n) is 1.53. The predicted octanol–water partition coefficient (Wildman–Crippen LogP) is 4.14. The van der Waals surface area contributed by atoms with Crippen LogP contribution in [0.1, 0.15) is 26.3 Å². The van der Waals surface area contributed by atoms with E-state index in [0.717, 1.165) is 11.4 Å². The highest BCUT2D eigenvalue weighted by molar-refractivity contribution is 6.74. The summed E-state index contributed by atoms with van der Waals surface area (Å²) in [4.78, 5) is 12.8. The minimum atomic E-state index is -1.74. The van der Waals surface area contributed by atoms with Crippen molar-refractivity contribution in [1.82, 2.24) is 15.0 Å². The largest absolute Gasteiger partial charge is 0.412 e. The molecule has 2 heterocycles. The van der Waals surface area contributed by atoms with Crippen LogP contribution in [-0.2, 0) is 11.0 Å². The van der Waals surface area contributed by atoms with Crippen molar-refractivity contribution in [3.8, 4) is 0 Å². The summed E-state index contributed by atoms with van der Waals surface area (Å²) in [6, 6.07) is 5.65. The third kappa shape index (κ3) is 4.35. The van der Waals surface area contributed by atoms with Crippen LogP contribution in [-0.4, -0.2) is 23.3 Å². The predicted molar refractivity (Wildman–Crippen MR) is 91.5 cm³/mol. The highest BCUT2D eigenvalue weighted by Gasteiger charge is 2.37. The van der Waals surface area contributed by atoms with Crippen molar-refractivity contribution in [1.29, 1.82) is 0 Å². The maximum absolute atomic E-state index is 6.16. The van der Waals surface area contributed by atoms with Crippen molar-refractivity contribution < 1.29 is 4.43 Å². The van der Waals surface area contributed by atoms with Gasteiger partial charge in [-0.2, -0.15) is 0 Å². The molecule has 2 rings (SSSR count). The van der Waals surface area contributed by atoms with Gasteiger partial charge in [-0.05, 0) is 30.3 Å². The molecule has 0 aliphatic rings. The highest BCUT2D eigenvalue weighted by atomic mass is 28.4. The molecule has 0 spiro atoms. The van der Waals surface area contributed by atoms with Gasteiger partial charge in [0.1, 0.15) is 5.82 Å². The molecule has 0 fully saturated rings. The SMILES string of the molecule is CC(C)(C)[Si](C)(C)OCc1cnc(Nc2ccccn2)nc1. The highest BCUT2D eigenvalue weighted by Crippen LogP contribution is 2.36. The molecule has 118 valence electrons. The van der Waals surface area contributed by atoms with Crippen molar-refractivity contribution in [2.24, 2.45) is 0 Å². The zero-order valence-corrected chi connectivity index (χ0v) is 14.9. The van der Waals surface area contributed by atoms with E-state index < -0.39 is 8.32 Å². The van der Waals surface area contributed by atoms with Crippen LogP contribution in [0.25, 0.3) is 0 Å². The molecule has 1 N–H and O–H groups in total. The Kier molecular flexibility index (Phi) is 4.93. The number of aromatic nitrogens is 3. The van der Waals surface area contributed by atoms with E-state index in [1.54, 1.807) is 18.6 Å². The van der Waals surface area contributed by atoms with Crippen LogP contribution in [0.4, 0.5) is 11.8 Å². The van der Waals surface area contributed by atoms with Crippen molar-refractivity contribution in [2.45, 2.75) is 45.5 Å². The lowest BCUT2D eigenvalue weighted by atomic mass is 10.2. The van der Waals surface area contributed by atoms with Gasteiger partial charge in [-0.15, -0.1) is 0 Å². The molecule has 5 nitrogen and oxygen atoms in total. The van der Waals surface area contributed by atoms with E-state index in [1.807, 2.05) is 18.2 Å². The van der Waals surface area contributed by atoms with Gasteiger partial charge in [0.2, 0.25) is 5.95 Å². The average molecular weight is 316 g/mol. The van der Waals surface area contributed by atoms with Crippen LogP contribution in [0.5, 0.6) is 0 Å². The number of rotatable bonds is 5. The summed E-state index contributed by atoms with van der Waals surface area (Å²) in [5, 5.41) is 3.26. The molecule has 0 aromatic carbocycles. The maximum atomic E-state index is 6.16. The second-order valence-corrected chi connectivity index (χ2v) is 11.6. The van der Waals surface area contributed by atoms with Crippen molar-refractivity contribution in [3.05, 3.63) is 42.4 Å². The first kappa shape index (κ1) is 16.6. The Balaban J connectivity index is 1.95. The molecule has 0 aliphatic carbocycles. The summed E-state index contributed by atoms with van der Waals surface area (Å²) in [7, 11) is -1.74. The lowest BCUT2D eigenvalue weighted by molar-refractivity contribution is 0.275. The molecule has 22 heavy (non-hydrogen) atoms. The van der Waals surface area contributed by atoms with E-state index in [0.29, 0.717) is 12.6 Å². The zero-order valence-electron chi connectivity index (χ0n) is 13.9. The molecule has 2 aromatic heterocycles. The van der Waals surface area contributed by atoms with Gasteiger partial charge in [-0.3, -0.25) is 0 Å². The van der Waals surface area contributed by atoms with Crippen LogP contribution in [0, 0.1) is 0 Å². The summed E-state index contributed by atoms with van der Waals surface area (Å²) in [5.74, 6) is 1.27. The molecule has 0 amide bonds. The fraction of sp³-hybridized carbons (Fsp3) is 0.438. The average Bonchev–Trinajstić information content (AvgIpc) is 2.46. The Morgan fingerprint density at radius 1 is 1.09 bits per heavy atom. The Bertz CT molecular complexity index is 594. The standard InChI is InChI=1S/C16H24N4OSi/c1-16(2,3)22(4,5)21-12-13-10-18-15(19-11-13)20-14-8-6-7-9-17-14/h6-11H,12H2,1-5H3,(H,17,18,19,20). The van der Waals surface area contributed by atoms with Crippen LogP contribution in [0.3, 0.4) is 0 Å². The topological polar surface area (TPSA) is 59.9 Å². The van der Waals surface area contributed by atoms with E-state index in [9.17, 15) is 0 Å². The molecule has 0 bridgehead atoms. The van der Waals surface area contributed by atoms with Gasteiger partial charge in [0.25, 0.3) is 0 Å². The summed E-state index contributed by atoms with van der Waals surface area (Å²) < 4.78 is 6.16. The Morgan fingerprint density at radius 3 is 2.32 bits per heavy atom. The van der Waals surface area contributed by atoms with E-state index in [4.69, 9.17) is 4.43 Å². The first-order valence-electron chi connectivity index (χ1n) is 7.41. The molecular weight excluding hydrogens is 292 g/mol. The van der Waals surface area contributed by atoms with Crippen molar-refractivity contribution in [2.75, 3.05) is 5.32 Å². The summed E-state index contributed by atoms with van der Waals surface area (Å²) in [5.41, 5.74) is 0.983. The molecular formula is C16H24N4OSi. The second-order valence-electron chi connectivity index (χ2n) is 6.80. The number of nitrogens with zero attached hydrogens (tertiary/aromatic N) is 3. The molecule has 2 aromatic rings. The Morgan fingerprint density at radius 2 is 1.77 bits per heavy atom. The lowest BCUT2D eigenvalue weighted by Gasteiger charge is -2.36. The monoisotopic (exact) mass is 316 g/mol. The molecule has 0 saturated carbocycles. The number of nitrogens with one attached hydrogen (secondary N) is 1. The minimum Gasteiger partial charge on any atom is -0.412 e. The van der Waals surface area contributed by atoms with Gasteiger partial charge in [0, 0.05) is 24.2 Å². The van der Waals surface area contributed by atoms with E-state index in [-0.39, 0.29) is 5.04 Å². The first-order chi connectivity index (χ1) is 10.3. The molecule has 0 saturated heterocycles. The van der Waals surface area contributed by atoms with E-state index >= 15 is 0 Å². The molecule has 0 atom stereocenters. The summed E-state index contributed by atoms with van der Waals surface area (Å²) in [6.07, 6.45) is 5.32. The molecule has 6 heteroatoms. The third-order valence-corrected chi connectivity index (χ3v) is 8.49. The Labute approximate surface area is 133 Å². The smallest absolute Gasteiger partial charge is 0.228 e. The second kappa shape index (κ2) is 6.54. The molecule has 0 unspecified atom stereocenters. The van der Waals surface area contributed by atoms with E-state index in [2.05, 4.69) is 54.1 Å². The number of hydrogen-bond acceptors (Lipinski definition) is 5. The molecule has 0 aliphatic heterocycles. The first-order valence-corrected chi connectivity index (χ1v) is 10.3.